The molecule has 2 aromatic rings. The summed E-state index contributed by atoms with van der Waals surface area (Å²) in [7, 11) is 1.91. The molecule has 1 aliphatic carbocycles. The average molecular weight is 283 g/mol. The van der Waals surface area contributed by atoms with E-state index in [0.29, 0.717) is 11.5 Å². The molecule has 1 N–H and O–H groups in total. The molecule has 1 saturated carbocycles. The second kappa shape index (κ2) is 5.98. The predicted octanol–water partition coefficient (Wildman–Crippen LogP) is 4.71. The summed E-state index contributed by atoms with van der Waals surface area (Å²) in [5, 5.41) is 3.31. The Labute approximate surface area is 126 Å². The van der Waals surface area contributed by atoms with Crippen LogP contribution in [0.15, 0.2) is 42.5 Å². The first kappa shape index (κ1) is 14.3. The first-order valence-electron chi connectivity index (χ1n) is 7.73. The second-order valence-electron chi connectivity index (χ2n) is 5.96. The summed E-state index contributed by atoms with van der Waals surface area (Å²) in [6.07, 6.45) is 3.82. The third-order valence-corrected chi connectivity index (χ3v) is 4.67. The van der Waals surface area contributed by atoms with Crippen molar-refractivity contribution >= 4 is 0 Å². The Kier molecular flexibility index (Phi) is 4.07. The van der Waals surface area contributed by atoms with Gasteiger partial charge >= 0.3 is 0 Å². The van der Waals surface area contributed by atoms with Crippen molar-refractivity contribution in [2.24, 2.45) is 0 Å². The topological polar surface area (TPSA) is 12.0 Å². The van der Waals surface area contributed by atoms with Crippen molar-refractivity contribution in [2.45, 2.75) is 38.1 Å². The molecular formula is C19H22FN. The molecule has 0 heterocycles. The quantitative estimate of drug-likeness (QED) is 0.857. The Morgan fingerprint density at radius 1 is 1.05 bits per heavy atom. The van der Waals surface area contributed by atoms with Crippen molar-refractivity contribution in [3.8, 4) is 0 Å². The summed E-state index contributed by atoms with van der Waals surface area (Å²) in [6, 6.07) is 14.1. The van der Waals surface area contributed by atoms with Crippen LogP contribution >= 0.6 is 0 Å². The second-order valence-corrected chi connectivity index (χ2v) is 5.96. The van der Waals surface area contributed by atoms with E-state index in [4.69, 9.17) is 0 Å². The van der Waals surface area contributed by atoms with Gasteiger partial charge in [0.25, 0.3) is 0 Å². The fraction of sp³-hybridized carbons (Fsp3) is 0.368. The molecule has 0 aliphatic heterocycles. The van der Waals surface area contributed by atoms with Crippen LogP contribution in [0.5, 0.6) is 0 Å². The number of nitrogens with one attached hydrogen (secondary N) is 1. The van der Waals surface area contributed by atoms with E-state index in [1.807, 2.05) is 32.2 Å². The first-order valence-corrected chi connectivity index (χ1v) is 7.73. The molecule has 1 atom stereocenters. The van der Waals surface area contributed by atoms with Gasteiger partial charge in [-0.15, -0.1) is 0 Å². The van der Waals surface area contributed by atoms with Gasteiger partial charge in [0.1, 0.15) is 5.82 Å². The van der Waals surface area contributed by atoms with E-state index >= 15 is 0 Å². The molecule has 2 heteroatoms. The fourth-order valence-corrected chi connectivity index (χ4v) is 3.24. The van der Waals surface area contributed by atoms with Gasteiger partial charge in [-0.25, -0.2) is 4.39 Å². The summed E-state index contributed by atoms with van der Waals surface area (Å²) < 4.78 is 14.5. The van der Waals surface area contributed by atoms with Crippen LogP contribution in [0.2, 0.25) is 0 Å². The molecule has 1 unspecified atom stereocenters. The molecule has 0 spiro atoms. The van der Waals surface area contributed by atoms with Gasteiger partial charge in [0.2, 0.25) is 0 Å². The minimum atomic E-state index is -0.0970. The highest BCUT2D eigenvalue weighted by Gasteiger charge is 2.26. The lowest BCUT2D eigenvalue weighted by Crippen LogP contribution is -2.22. The Morgan fingerprint density at radius 3 is 2.43 bits per heavy atom. The maximum absolute atomic E-state index is 14.5. The summed E-state index contributed by atoms with van der Waals surface area (Å²) in [5.41, 5.74) is 4.04. The third kappa shape index (κ3) is 2.60. The van der Waals surface area contributed by atoms with Crippen LogP contribution in [-0.4, -0.2) is 7.05 Å². The minimum absolute atomic E-state index is 0.0818. The molecule has 1 aliphatic rings. The summed E-state index contributed by atoms with van der Waals surface area (Å²) >= 11 is 0. The van der Waals surface area contributed by atoms with E-state index in [0.717, 1.165) is 5.56 Å². The van der Waals surface area contributed by atoms with Crippen molar-refractivity contribution in [1.82, 2.24) is 5.32 Å². The lowest BCUT2D eigenvalue weighted by atomic mass is 9.76. The minimum Gasteiger partial charge on any atom is -0.309 e. The van der Waals surface area contributed by atoms with Crippen molar-refractivity contribution in [1.29, 1.82) is 0 Å². The van der Waals surface area contributed by atoms with Gasteiger partial charge in [0.15, 0.2) is 0 Å². The van der Waals surface area contributed by atoms with Gasteiger partial charge in [-0.1, -0.05) is 48.9 Å². The van der Waals surface area contributed by atoms with E-state index in [9.17, 15) is 4.39 Å². The Morgan fingerprint density at radius 2 is 1.76 bits per heavy atom. The molecule has 110 valence electrons. The zero-order chi connectivity index (χ0) is 14.8. The monoisotopic (exact) mass is 283 g/mol. The fourth-order valence-electron chi connectivity index (χ4n) is 3.24. The van der Waals surface area contributed by atoms with Crippen molar-refractivity contribution in [3.63, 3.8) is 0 Å². The van der Waals surface area contributed by atoms with Crippen LogP contribution in [0.25, 0.3) is 0 Å². The highest BCUT2D eigenvalue weighted by Crippen LogP contribution is 2.40. The van der Waals surface area contributed by atoms with Crippen LogP contribution in [-0.2, 0) is 0 Å². The molecular weight excluding hydrogens is 261 g/mol. The van der Waals surface area contributed by atoms with E-state index in [1.54, 1.807) is 0 Å². The molecule has 0 saturated heterocycles. The number of hydrogen-bond acceptors (Lipinski definition) is 1. The average Bonchev–Trinajstić information content (AvgIpc) is 2.44. The largest absolute Gasteiger partial charge is 0.309 e. The number of hydrogen-bond donors (Lipinski definition) is 1. The van der Waals surface area contributed by atoms with E-state index in [-0.39, 0.29) is 11.9 Å². The molecule has 21 heavy (non-hydrogen) atoms. The zero-order valence-electron chi connectivity index (χ0n) is 12.7. The van der Waals surface area contributed by atoms with Gasteiger partial charge in [0.05, 0.1) is 6.04 Å². The standard InChI is InChI=1S/C19H22FN/c1-13-7-5-12-17(18(13)20)19(21-2)16-11-4-3-10-15(16)14-8-6-9-14/h3-5,7,10-12,14,19,21H,6,8-9H2,1-2H3. The van der Waals surface area contributed by atoms with Crippen LogP contribution in [0, 0.1) is 12.7 Å². The smallest absolute Gasteiger partial charge is 0.131 e. The lowest BCUT2D eigenvalue weighted by molar-refractivity contribution is 0.414. The highest BCUT2D eigenvalue weighted by molar-refractivity contribution is 5.41. The summed E-state index contributed by atoms with van der Waals surface area (Å²) in [6.45, 7) is 1.82. The number of rotatable bonds is 4. The van der Waals surface area contributed by atoms with Gasteiger partial charge in [-0.3, -0.25) is 0 Å². The maximum Gasteiger partial charge on any atom is 0.131 e. The van der Waals surface area contributed by atoms with Gasteiger partial charge in [-0.05, 0) is 49.4 Å². The normalized spacial score (nSPS) is 16.5. The van der Waals surface area contributed by atoms with Crippen LogP contribution in [0.3, 0.4) is 0 Å². The number of benzene rings is 2. The van der Waals surface area contributed by atoms with E-state index < -0.39 is 0 Å². The SMILES string of the molecule is CNC(c1ccccc1C1CCC1)c1cccc(C)c1F. The lowest BCUT2D eigenvalue weighted by Gasteiger charge is -2.30. The molecule has 2 aromatic carbocycles. The molecule has 0 amide bonds. The van der Waals surface area contributed by atoms with Gasteiger partial charge in [0, 0.05) is 5.56 Å². The van der Waals surface area contributed by atoms with Gasteiger partial charge < -0.3 is 5.32 Å². The van der Waals surface area contributed by atoms with Crippen molar-refractivity contribution < 1.29 is 4.39 Å². The molecule has 1 fully saturated rings. The molecule has 0 radical (unpaired) electrons. The number of aryl methyl sites for hydroxylation is 1. The molecule has 0 bridgehead atoms. The van der Waals surface area contributed by atoms with Crippen LogP contribution in [0.4, 0.5) is 4.39 Å². The van der Waals surface area contributed by atoms with Crippen molar-refractivity contribution in [3.05, 3.63) is 70.5 Å². The van der Waals surface area contributed by atoms with E-state index in [1.165, 1.54) is 30.4 Å². The zero-order valence-corrected chi connectivity index (χ0v) is 12.7. The maximum atomic E-state index is 14.5. The van der Waals surface area contributed by atoms with Gasteiger partial charge in [-0.2, -0.15) is 0 Å². The molecule has 0 aromatic heterocycles. The third-order valence-electron chi connectivity index (χ3n) is 4.67. The molecule has 1 nitrogen and oxygen atoms in total. The Hall–Kier alpha value is -1.67. The highest BCUT2D eigenvalue weighted by atomic mass is 19.1. The molecule has 3 rings (SSSR count). The van der Waals surface area contributed by atoms with E-state index in [2.05, 4.69) is 29.6 Å². The Bertz CT molecular complexity index is 631. The first-order chi connectivity index (χ1) is 10.2. The predicted molar refractivity (Wildman–Crippen MR) is 85.1 cm³/mol. The summed E-state index contributed by atoms with van der Waals surface area (Å²) in [5.74, 6) is 0.546. The number of halogens is 1. The van der Waals surface area contributed by atoms with Crippen LogP contribution < -0.4 is 5.32 Å². The summed E-state index contributed by atoms with van der Waals surface area (Å²) in [4.78, 5) is 0. The Balaban J connectivity index is 2.06. The van der Waals surface area contributed by atoms with Crippen LogP contribution in [0.1, 0.15) is 53.5 Å². The van der Waals surface area contributed by atoms with Crippen molar-refractivity contribution in [2.75, 3.05) is 7.05 Å².